The third-order valence-electron chi connectivity index (χ3n) is 5.24. The van der Waals surface area contributed by atoms with E-state index < -0.39 is 0 Å². The minimum absolute atomic E-state index is 0.0473. The molecule has 2 fully saturated rings. The number of rotatable bonds is 1. The molecule has 0 amide bonds. The molecular weight excluding hydrogens is 232 g/mol. The van der Waals surface area contributed by atoms with Gasteiger partial charge in [0.05, 0.1) is 11.2 Å². The van der Waals surface area contributed by atoms with Crippen LogP contribution in [-0.4, -0.2) is 11.2 Å². The van der Waals surface area contributed by atoms with E-state index in [1.165, 1.54) is 62.5 Å². The van der Waals surface area contributed by atoms with Crippen molar-refractivity contribution in [2.75, 3.05) is 0 Å². The zero-order chi connectivity index (χ0) is 12.8. The van der Waals surface area contributed by atoms with E-state index in [9.17, 15) is 0 Å². The van der Waals surface area contributed by atoms with Gasteiger partial charge in [-0.15, -0.1) is 0 Å². The molecule has 1 aliphatic heterocycles. The molecule has 1 aromatic carbocycles. The largest absolute Gasteiger partial charge is 0.360 e. The molecule has 0 aromatic heterocycles. The molecule has 1 heterocycles. The standard InChI is InChI=1S/C18H22O/c1-2-8-15(9-3-1)16-14-17(10-4-5-11-17)19-18(16)12-6-7-13-18/h1-3,8-9,14H,4-7,10-13H2. The monoisotopic (exact) mass is 254 g/mol. The summed E-state index contributed by atoms with van der Waals surface area (Å²) in [7, 11) is 0. The van der Waals surface area contributed by atoms with Crippen molar-refractivity contribution in [2.24, 2.45) is 0 Å². The predicted molar refractivity (Wildman–Crippen MR) is 77.9 cm³/mol. The fourth-order valence-electron chi connectivity index (χ4n) is 4.37. The summed E-state index contributed by atoms with van der Waals surface area (Å²) in [6.45, 7) is 0. The zero-order valence-electron chi connectivity index (χ0n) is 11.5. The maximum absolute atomic E-state index is 6.73. The molecule has 1 aromatic rings. The second-order valence-electron chi connectivity index (χ2n) is 6.50. The minimum Gasteiger partial charge on any atom is -0.360 e. The second kappa shape index (κ2) is 4.21. The van der Waals surface area contributed by atoms with Gasteiger partial charge >= 0.3 is 0 Å². The number of hydrogen-bond acceptors (Lipinski definition) is 1. The highest BCUT2D eigenvalue weighted by Crippen LogP contribution is 2.55. The van der Waals surface area contributed by atoms with Crippen LogP contribution >= 0.6 is 0 Å². The van der Waals surface area contributed by atoms with Crippen molar-refractivity contribution in [1.82, 2.24) is 0 Å². The molecule has 0 unspecified atom stereocenters. The molecule has 4 rings (SSSR count). The molecule has 0 bridgehead atoms. The van der Waals surface area contributed by atoms with E-state index in [4.69, 9.17) is 4.74 Å². The Kier molecular flexibility index (Phi) is 2.60. The molecule has 2 saturated carbocycles. The first kappa shape index (κ1) is 11.7. The Bertz CT molecular complexity index is 488. The van der Waals surface area contributed by atoms with Crippen LogP contribution in [0.2, 0.25) is 0 Å². The Morgan fingerprint density at radius 2 is 1.42 bits per heavy atom. The maximum Gasteiger partial charge on any atom is 0.0946 e. The third kappa shape index (κ3) is 1.79. The Labute approximate surface area is 115 Å². The molecule has 0 saturated heterocycles. The van der Waals surface area contributed by atoms with Crippen LogP contribution in [0, 0.1) is 0 Å². The molecule has 2 spiro atoms. The number of hydrogen-bond donors (Lipinski definition) is 0. The molecule has 1 nitrogen and oxygen atoms in total. The molecule has 0 atom stereocenters. The summed E-state index contributed by atoms with van der Waals surface area (Å²) in [5.74, 6) is 0. The topological polar surface area (TPSA) is 9.23 Å². The van der Waals surface area contributed by atoms with Crippen molar-refractivity contribution in [3.05, 3.63) is 42.0 Å². The van der Waals surface area contributed by atoms with Crippen molar-refractivity contribution in [1.29, 1.82) is 0 Å². The molecule has 0 radical (unpaired) electrons. The van der Waals surface area contributed by atoms with Gasteiger partial charge in [-0.05, 0) is 42.9 Å². The molecule has 2 aliphatic carbocycles. The van der Waals surface area contributed by atoms with Gasteiger partial charge in [-0.1, -0.05) is 56.0 Å². The van der Waals surface area contributed by atoms with Crippen LogP contribution in [0.5, 0.6) is 0 Å². The van der Waals surface area contributed by atoms with Crippen molar-refractivity contribution >= 4 is 5.57 Å². The first-order valence-corrected chi connectivity index (χ1v) is 7.81. The Hall–Kier alpha value is -1.08. The van der Waals surface area contributed by atoms with Crippen molar-refractivity contribution in [2.45, 2.75) is 62.6 Å². The predicted octanol–water partition coefficient (Wildman–Crippen LogP) is 4.73. The van der Waals surface area contributed by atoms with Crippen LogP contribution in [0.4, 0.5) is 0 Å². The zero-order valence-corrected chi connectivity index (χ0v) is 11.5. The van der Waals surface area contributed by atoms with Crippen LogP contribution in [0.3, 0.4) is 0 Å². The minimum atomic E-state index is 0.0473. The summed E-state index contributed by atoms with van der Waals surface area (Å²) in [6, 6.07) is 10.9. The van der Waals surface area contributed by atoms with Gasteiger partial charge in [-0.2, -0.15) is 0 Å². The Morgan fingerprint density at radius 3 is 2.11 bits per heavy atom. The third-order valence-corrected chi connectivity index (χ3v) is 5.24. The lowest BCUT2D eigenvalue weighted by atomic mass is 9.87. The van der Waals surface area contributed by atoms with Crippen LogP contribution in [-0.2, 0) is 4.74 Å². The van der Waals surface area contributed by atoms with Crippen molar-refractivity contribution in [3.8, 4) is 0 Å². The lowest BCUT2D eigenvalue weighted by molar-refractivity contribution is -0.0771. The van der Waals surface area contributed by atoms with E-state index in [2.05, 4.69) is 36.4 Å². The highest BCUT2D eigenvalue weighted by Gasteiger charge is 2.52. The first-order chi connectivity index (χ1) is 9.32. The molecule has 0 N–H and O–H groups in total. The molecular formula is C18H22O. The number of benzene rings is 1. The fourth-order valence-corrected chi connectivity index (χ4v) is 4.37. The smallest absolute Gasteiger partial charge is 0.0946 e. The average Bonchev–Trinajstić information content (AvgIpc) is 3.15. The lowest BCUT2D eigenvalue weighted by Gasteiger charge is -2.32. The van der Waals surface area contributed by atoms with Crippen LogP contribution < -0.4 is 0 Å². The summed E-state index contributed by atoms with van der Waals surface area (Å²) in [6.07, 6.45) is 12.7. The van der Waals surface area contributed by atoms with Crippen LogP contribution in [0.1, 0.15) is 56.9 Å². The summed E-state index contributed by atoms with van der Waals surface area (Å²) >= 11 is 0. The molecule has 1 heteroatoms. The molecule has 100 valence electrons. The van der Waals surface area contributed by atoms with Crippen molar-refractivity contribution < 1.29 is 4.74 Å². The summed E-state index contributed by atoms with van der Waals surface area (Å²) < 4.78 is 6.73. The number of ether oxygens (including phenoxy) is 1. The molecule has 19 heavy (non-hydrogen) atoms. The van der Waals surface area contributed by atoms with Gasteiger partial charge in [0, 0.05) is 0 Å². The van der Waals surface area contributed by atoms with Gasteiger partial charge in [-0.25, -0.2) is 0 Å². The molecule has 3 aliphatic rings. The second-order valence-corrected chi connectivity index (χ2v) is 6.50. The van der Waals surface area contributed by atoms with E-state index >= 15 is 0 Å². The van der Waals surface area contributed by atoms with E-state index in [1.54, 1.807) is 0 Å². The quantitative estimate of drug-likeness (QED) is 0.704. The maximum atomic E-state index is 6.73. The van der Waals surface area contributed by atoms with E-state index in [0.717, 1.165) is 0 Å². The normalized spacial score (nSPS) is 27.3. The van der Waals surface area contributed by atoms with Gasteiger partial charge in [0.25, 0.3) is 0 Å². The Morgan fingerprint density at radius 1 is 0.789 bits per heavy atom. The lowest BCUT2D eigenvalue weighted by Crippen LogP contribution is -2.34. The van der Waals surface area contributed by atoms with Gasteiger partial charge in [0.15, 0.2) is 0 Å². The Balaban J connectivity index is 1.79. The van der Waals surface area contributed by atoms with Crippen molar-refractivity contribution in [3.63, 3.8) is 0 Å². The van der Waals surface area contributed by atoms with E-state index in [0.29, 0.717) is 0 Å². The van der Waals surface area contributed by atoms with E-state index in [1.807, 2.05) is 0 Å². The fraction of sp³-hybridized carbons (Fsp3) is 0.556. The summed E-state index contributed by atoms with van der Waals surface area (Å²) in [5, 5.41) is 0. The first-order valence-electron chi connectivity index (χ1n) is 7.81. The average molecular weight is 254 g/mol. The van der Waals surface area contributed by atoms with Crippen LogP contribution in [0.15, 0.2) is 36.4 Å². The van der Waals surface area contributed by atoms with Gasteiger partial charge in [-0.3, -0.25) is 0 Å². The van der Waals surface area contributed by atoms with Crippen LogP contribution in [0.25, 0.3) is 5.57 Å². The summed E-state index contributed by atoms with van der Waals surface area (Å²) in [5.41, 5.74) is 3.00. The highest BCUT2D eigenvalue weighted by atomic mass is 16.5. The van der Waals surface area contributed by atoms with Gasteiger partial charge < -0.3 is 4.74 Å². The summed E-state index contributed by atoms with van der Waals surface area (Å²) in [4.78, 5) is 0. The SMILES string of the molecule is C1=C(c2ccccc2)C2(CCCC2)OC12CCCC2. The highest BCUT2D eigenvalue weighted by molar-refractivity contribution is 5.75. The van der Waals surface area contributed by atoms with Gasteiger partial charge in [0.1, 0.15) is 0 Å². The van der Waals surface area contributed by atoms with E-state index in [-0.39, 0.29) is 11.2 Å². The van der Waals surface area contributed by atoms with Gasteiger partial charge in [0.2, 0.25) is 0 Å².